The van der Waals surface area contributed by atoms with Gasteiger partial charge < -0.3 is 18.9 Å². The van der Waals surface area contributed by atoms with Crippen LogP contribution in [0.25, 0.3) is 0 Å². The third-order valence-corrected chi connectivity index (χ3v) is 1.85. The van der Waals surface area contributed by atoms with E-state index in [9.17, 15) is 4.79 Å². The molecule has 0 aromatic rings. The summed E-state index contributed by atoms with van der Waals surface area (Å²) in [7, 11) is 0. The summed E-state index contributed by atoms with van der Waals surface area (Å²) in [5.41, 5.74) is 0.387. The van der Waals surface area contributed by atoms with E-state index in [0.29, 0.717) is 25.4 Å². The fourth-order valence-electron chi connectivity index (χ4n) is 1.11. The van der Waals surface area contributed by atoms with E-state index in [1.807, 2.05) is 20.8 Å². The molecule has 0 fully saturated rings. The number of hydrogen-bond acceptors (Lipinski definition) is 5. The monoisotopic (exact) mass is 260 g/mol. The van der Waals surface area contributed by atoms with Gasteiger partial charge in [-0.15, -0.1) is 0 Å². The lowest BCUT2D eigenvalue weighted by Gasteiger charge is -2.16. The van der Waals surface area contributed by atoms with Crippen molar-refractivity contribution >= 4 is 5.97 Å². The minimum Gasteiger partial charge on any atom is -0.460 e. The third kappa shape index (κ3) is 10.3. The van der Waals surface area contributed by atoms with Crippen molar-refractivity contribution in [3.05, 3.63) is 12.2 Å². The van der Waals surface area contributed by atoms with E-state index in [2.05, 4.69) is 6.58 Å². The normalized spacial score (nSPS) is 12.5. The summed E-state index contributed by atoms with van der Waals surface area (Å²) in [5.74, 6) is -0.395. The highest BCUT2D eigenvalue weighted by Gasteiger charge is 2.04. The average molecular weight is 260 g/mol. The Kier molecular flexibility index (Phi) is 9.55. The predicted molar refractivity (Wildman–Crippen MR) is 68.2 cm³/mol. The van der Waals surface area contributed by atoms with Crippen LogP contribution in [-0.4, -0.2) is 44.8 Å². The van der Waals surface area contributed by atoms with Crippen LogP contribution in [0.4, 0.5) is 0 Å². The van der Waals surface area contributed by atoms with Gasteiger partial charge in [-0.25, -0.2) is 4.79 Å². The molecule has 0 saturated carbocycles. The molecule has 0 aliphatic rings. The Labute approximate surface area is 109 Å². The largest absolute Gasteiger partial charge is 0.460 e. The van der Waals surface area contributed by atoms with Gasteiger partial charge in [-0.2, -0.15) is 0 Å². The van der Waals surface area contributed by atoms with Gasteiger partial charge in [0.15, 0.2) is 6.29 Å². The van der Waals surface area contributed by atoms with Crippen LogP contribution < -0.4 is 0 Å². The SMILES string of the molecule is C=C(C)C(=O)OCCOCCOC(C)OC(C)C. The van der Waals surface area contributed by atoms with Gasteiger partial charge in [-0.1, -0.05) is 6.58 Å². The van der Waals surface area contributed by atoms with Crippen LogP contribution in [0.1, 0.15) is 27.7 Å². The molecule has 0 N–H and O–H groups in total. The van der Waals surface area contributed by atoms with E-state index >= 15 is 0 Å². The van der Waals surface area contributed by atoms with Crippen molar-refractivity contribution in [1.29, 1.82) is 0 Å². The number of esters is 1. The molecule has 106 valence electrons. The van der Waals surface area contributed by atoms with E-state index in [1.165, 1.54) is 0 Å². The van der Waals surface area contributed by atoms with Crippen LogP contribution in [0, 0.1) is 0 Å². The van der Waals surface area contributed by atoms with Gasteiger partial charge in [0.25, 0.3) is 0 Å². The number of hydrogen-bond donors (Lipinski definition) is 0. The molecule has 0 aromatic heterocycles. The summed E-state index contributed by atoms with van der Waals surface area (Å²) in [4.78, 5) is 11.0. The van der Waals surface area contributed by atoms with E-state index < -0.39 is 5.97 Å². The second kappa shape index (κ2) is 10.1. The number of carbonyl (C=O) groups excluding carboxylic acids is 1. The summed E-state index contributed by atoms with van der Waals surface area (Å²) >= 11 is 0. The van der Waals surface area contributed by atoms with E-state index in [4.69, 9.17) is 18.9 Å². The van der Waals surface area contributed by atoms with E-state index in [1.54, 1.807) is 6.92 Å². The molecule has 0 aromatic carbocycles. The Hall–Kier alpha value is -0.910. The molecule has 0 spiro atoms. The van der Waals surface area contributed by atoms with Crippen molar-refractivity contribution in [1.82, 2.24) is 0 Å². The standard InChI is InChI=1S/C13H24O5/c1-10(2)13(14)17-9-7-15-6-8-16-12(5)18-11(3)4/h11-12H,1,6-9H2,2-5H3. The van der Waals surface area contributed by atoms with Gasteiger partial charge in [0.1, 0.15) is 6.61 Å². The van der Waals surface area contributed by atoms with Gasteiger partial charge in [0.2, 0.25) is 0 Å². The lowest BCUT2D eigenvalue weighted by Crippen LogP contribution is -2.20. The van der Waals surface area contributed by atoms with Crippen molar-refractivity contribution in [3.63, 3.8) is 0 Å². The molecular weight excluding hydrogens is 236 g/mol. The topological polar surface area (TPSA) is 54.0 Å². The van der Waals surface area contributed by atoms with Crippen LogP contribution >= 0.6 is 0 Å². The first kappa shape index (κ1) is 17.1. The van der Waals surface area contributed by atoms with Crippen LogP contribution in [0.3, 0.4) is 0 Å². The van der Waals surface area contributed by atoms with Crippen molar-refractivity contribution in [2.45, 2.75) is 40.1 Å². The molecule has 1 unspecified atom stereocenters. The molecule has 0 rings (SSSR count). The molecule has 1 atom stereocenters. The molecule has 0 heterocycles. The van der Waals surface area contributed by atoms with Gasteiger partial charge in [0, 0.05) is 5.57 Å². The lowest BCUT2D eigenvalue weighted by atomic mass is 10.4. The Morgan fingerprint density at radius 1 is 1.11 bits per heavy atom. The molecule has 0 aliphatic carbocycles. The summed E-state index contributed by atoms with van der Waals surface area (Å²) < 4.78 is 20.8. The summed E-state index contributed by atoms with van der Waals surface area (Å²) in [5, 5.41) is 0. The first-order chi connectivity index (χ1) is 8.43. The fraction of sp³-hybridized carbons (Fsp3) is 0.769. The molecule has 5 nitrogen and oxygen atoms in total. The van der Waals surface area contributed by atoms with Crippen molar-refractivity contribution in [3.8, 4) is 0 Å². The molecular formula is C13H24O5. The van der Waals surface area contributed by atoms with Crippen molar-refractivity contribution in [2.75, 3.05) is 26.4 Å². The summed E-state index contributed by atoms with van der Waals surface area (Å²) in [6, 6.07) is 0. The van der Waals surface area contributed by atoms with Crippen LogP contribution in [-0.2, 0) is 23.7 Å². The maximum atomic E-state index is 11.0. The second-order valence-electron chi connectivity index (χ2n) is 4.15. The van der Waals surface area contributed by atoms with Crippen LogP contribution in [0.15, 0.2) is 12.2 Å². The second-order valence-corrected chi connectivity index (χ2v) is 4.15. The highest BCUT2D eigenvalue weighted by atomic mass is 16.7. The summed E-state index contributed by atoms with van der Waals surface area (Å²) in [6.45, 7) is 12.3. The highest BCUT2D eigenvalue weighted by molar-refractivity contribution is 5.86. The smallest absolute Gasteiger partial charge is 0.333 e. The van der Waals surface area contributed by atoms with Crippen LogP contribution in [0.2, 0.25) is 0 Å². The van der Waals surface area contributed by atoms with Gasteiger partial charge in [-0.05, 0) is 27.7 Å². The van der Waals surface area contributed by atoms with Gasteiger partial charge in [-0.3, -0.25) is 0 Å². The zero-order valence-corrected chi connectivity index (χ0v) is 11.7. The Bertz CT molecular complexity index is 250. The molecule has 0 aliphatic heterocycles. The van der Waals surface area contributed by atoms with Crippen molar-refractivity contribution in [2.24, 2.45) is 0 Å². The Morgan fingerprint density at radius 3 is 2.28 bits per heavy atom. The Balaban J connectivity index is 3.31. The van der Waals surface area contributed by atoms with E-state index in [0.717, 1.165) is 0 Å². The number of ether oxygens (including phenoxy) is 4. The highest BCUT2D eigenvalue weighted by Crippen LogP contribution is 1.98. The molecule has 18 heavy (non-hydrogen) atoms. The zero-order valence-electron chi connectivity index (χ0n) is 11.7. The third-order valence-electron chi connectivity index (χ3n) is 1.85. The zero-order chi connectivity index (χ0) is 14.0. The van der Waals surface area contributed by atoms with Crippen molar-refractivity contribution < 1.29 is 23.7 Å². The molecule has 0 amide bonds. The maximum Gasteiger partial charge on any atom is 0.333 e. The fourth-order valence-corrected chi connectivity index (χ4v) is 1.11. The number of rotatable bonds is 10. The first-order valence-electron chi connectivity index (χ1n) is 6.11. The quantitative estimate of drug-likeness (QED) is 0.260. The maximum absolute atomic E-state index is 11.0. The minimum atomic E-state index is -0.395. The molecule has 0 bridgehead atoms. The molecule has 0 saturated heterocycles. The van der Waals surface area contributed by atoms with Crippen LogP contribution in [0.5, 0.6) is 0 Å². The van der Waals surface area contributed by atoms with Gasteiger partial charge >= 0.3 is 5.97 Å². The molecule has 5 heteroatoms. The average Bonchev–Trinajstić information content (AvgIpc) is 2.26. The first-order valence-corrected chi connectivity index (χ1v) is 6.11. The van der Waals surface area contributed by atoms with E-state index in [-0.39, 0.29) is 19.0 Å². The summed E-state index contributed by atoms with van der Waals surface area (Å²) in [6.07, 6.45) is -0.0997. The predicted octanol–water partition coefficient (Wildman–Crippen LogP) is 1.91. The minimum absolute atomic E-state index is 0.141. The number of carbonyl (C=O) groups is 1. The Morgan fingerprint density at radius 2 is 1.72 bits per heavy atom. The molecule has 0 radical (unpaired) electrons. The van der Waals surface area contributed by atoms with Gasteiger partial charge in [0.05, 0.1) is 25.9 Å². The lowest BCUT2D eigenvalue weighted by molar-refractivity contribution is -0.159.